The number of rotatable bonds is 5. The fourth-order valence-corrected chi connectivity index (χ4v) is 5.83. The minimum absolute atomic E-state index is 0.0981. The number of nitrogens with zero attached hydrogens (tertiary/aromatic N) is 5. The predicted molar refractivity (Wildman–Crippen MR) is 132 cm³/mol. The first-order chi connectivity index (χ1) is 16.0. The van der Waals surface area contributed by atoms with E-state index in [1.165, 1.54) is 10.5 Å². The van der Waals surface area contributed by atoms with Crippen LogP contribution in [-0.4, -0.2) is 63.1 Å². The van der Waals surface area contributed by atoms with Gasteiger partial charge in [0.1, 0.15) is 4.90 Å². The Bertz CT molecular complexity index is 1300. The van der Waals surface area contributed by atoms with Crippen molar-refractivity contribution < 1.29 is 8.42 Å². The summed E-state index contributed by atoms with van der Waals surface area (Å²) >= 11 is 0. The fraction of sp³-hybridized carbons (Fsp3) is 0.250. The first-order valence-electron chi connectivity index (χ1n) is 10.9. The molecule has 170 valence electrons. The van der Waals surface area contributed by atoms with E-state index < -0.39 is 10.0 Å². The molecular weight excluding hydrogens is 436 g/mol. The highest BCUT2D eigenvalue weighted by Gasteiger charge is 2.35. The molecule has 3 aromatic rings. The van der Waals surface area contributed by atoms with Crippen LogP contribution in [0.5, 0.6) is 0 Å². The minimum atomic E-state index is -3.78. The average Bonchev–Trinajstić information content (AvgIpc) is 2.83. The third-order valence-electron chi connectivity index (χ3n) is 6.04. The summed E-state index contributed by atoms with van der Waals surface area (Å²) in [4.78, 5) is 13.8. The Balaban J connectivity index is 1.53. The predicted octanol–water partition coefficient (Wildman–Crippen LogP) is 3.33. The molecule has 0 aliphatic carbocycles. The quantitative estimate of drug-likeness (QED) is 0.583. The summed E-state index contributed by atoms with van der Waals surface area (Å²) in [6.45, 7) is 7.75. The number of hydrogen-bond acceptors (Lipinski definition) is 7. The number of benzene rings is 2. The third-order valence-corrected chi connectivity index (χ3v) is 7.82. The van der Waals surface area contributed by atoms with Gasteiger partial charge in [-0.2, -0.15) is 0 Å². The van der Waals surface area contributed by atoms with Crippen molar-refractivity contribution >= 4 is 33.0 Å². The molecule has 1 fully saturated rings. The number of hydrogen-bond donors (Lipinski definition) is 1. The van der Waals surface area contributed by atoms with Crippen LogP contribution < -0.4 is 14.5 Å². The smallest absolute Gasteiger partial charge is 0.268 e. The van der Waals surface area contributed by atoms with Crippen LogP contribution in [0.3, 0.4) is 0 Å². The number of piperazine rings is 1. The zero-order chi connectivity index (χ0) is 23.0. The number of fused-ring (bicyclic) bond motifs is 3. The molecule has 2 aromatic carbocycles. The summed E-state index contributed by atoms with van der Waals surface area (Å²) in [5.74, 6) is 0.359. The van der Waals surface area contributed by atoms with E-state index in [0.717, 1.165) is 43.1 Å². The second kappa shape index (κ2) is 8.49. The molecule has 1 saturated heterocycles. The zero-order valence-corrected chi connectivity index (χ0v) is 19.3. The van der Waals surface area contributed by atoms with E-state index in [-0.39, 0.29) is 11.4 Å². The van der Waals surface area contributed by atoms with E-state index in [0.29, 0.717) is 17.3 Å². The van der Waals surface area contributed by atoms with Gasteiger partial charge in [-0.05, 0) is 25.2 Å². The topological polar surface area (TPSA) is 81.7 Å². The van der Waals surface area contributed by atoms with Gasteiger partial charge in [0.15, 0.2) is 0 Å². The Morgan fingerprint density at radius 3 is 2.48 bits per heavy atom. The molecule has 2 aliphatic rings. The van der Waals surface area contributed by atoms with Crippen LogP contribution in [0.15, 0.2) is 72.3 Å². The first-order valence-corrected chi connectivity index (χ1v) is 12.3. The molecule has 5 rings (SSSR count). The Hall–Kier alpha value is -3.43. The number of likely N-dealkylation sites (N-methyl/N-ethyl adjacent to an activating group) is 1. The molecule has 0 saturated carbocycles. The highest BCUT2D eigenvalue weighted by molar-refractivity contribution is 7.93. The lowest BCUT2D eigenvalue weighted by molar-refractivity contribution is 0.313. The molecule has 0 unspecified atom stereocenters. The van der Waals surface area contributed by atoms with E-state index in [2.05, 4.69) is 44.8 Å². The van der Waals surface area contributed by atoms with E-state index >= 15 is 0 Å². The van der Waals surface area contributed by atoms with Gasteiger partial charge in [0.2, 0.25) is 5.95 Å². The first kappa shape index (κ1) is 21.4. The van der Waals surface area contributed by atoms with Crippen molar-refractivity contribution in [2.75, 3.05) is 54.3 Å². The Morgan fingerprint density at radius 2 is 1.73 bits per heavy atom. The lowest BCUT2D eigenvalue weighted by Crippen LogP contribution is -2.44. The zero-order valence-electron chi connectivity index (χ0n) is 18.5. The number of aromatic nitrogens is 2. The van der Waals surface area contributed by atoms with Gasteiger partial charge in [-0.25, -0.2) is 18.4 Å². The summed E-state index contributed by atoms with van der Waals surface area (Å²) in [6, 6.07) is 15.4. The van der Waals surface area contributed by atoms with Crippen LogP contribution in [-0.2, 0) is 10.0 Å². The highest BCUT2D eigenvalue weighted by atomic mass is 32.2. The van der Waals surface area contributed by atoms with Crippen molar-refractivity contribution in [3.05, 3.63) is 67.4 Å². The monoisotopic (exact) mass is 462 g/mol. The summed E-state index contributed by atoms with van der Waals surface area (Å²) in [5.41, 5.74) is 3.72. The molecular formula is C24H26N6O2S. The molecule has 3 heterocycles. The lowest BCUT2D eigenvalue weighted by atomic mass is 10.1. The van der Waals surface area contributed by atoms with Crippen LogP contribution in [0.25, 0.3) is 11.3 Å². The van der Waals surface area contributed by atoms with Gasteiger partial charge < -0.3 is 15.1 Å². The number of para-hydroxylation sites is 3. The van der Waals surface area contributed by atoms with Crippen molar-refractivity contribution in [1.29, 1.82) is 0 Å². The number of sulfonamides is 1. The maximum Gasteiger partial charge on any atom is 0.268 e. The Kier molecular flexibility index (Phi) is 5.51. The highest BCUT2D eigenvalue weighted by Crippen LogP contribution is 2.42. The van der Waals surface area contributed by atoms with Crippen LogP contribution in [0, 0.1) is 0 Å². The minimum Gasteiger partial charge on any atom is -0.367 e. The van der Waals surface area contributed by atoms with E-state index in [9.17, 15) is 8.42 Å². The molecule has 33 heavy (non-hydrogen) atoms. The van der Waals surface area contributed by atoms with Crippen LogP contribution >= 0.6 is 0 Å². The maximum absolute atomic E-state index is 13.3. The molecule has 2 aliphatic heterocycles. The van der Waals surface area contributed by atoms with Crippen molar-refractivity contribution in [1.82, 2.24) is 14.9 Å². The van der Waals surface area contributed by atoms with Gasteiger partial charge in [-0.3, -0.25) is 4.31 Å². The Morgan fingerprint density at radius 1 is 1.03 bits per heavy atom. The van der Waals surface area contributed by atoms with Crippen LogP contribution in [0.2, 0.25) is 0 Å². The molecule has 8 nitrogen and oxygen atoms in total. The summed E-state index contributed by atoms with van der Waals surface area (Å²) in [6.07, 6.45) is 2.97. The maximum atomic E-state index is 13.3. The van der Waals surface area contributed by atoms with Crippen molar-refractivity contribution in [2.24, 2.45) is 0 Å². The number of anilines is 4. The second-order valence-corrected chi connectivity index (χ2v) is 10.0. The van der Waals surface area contributed by atoms with Crippen molar-refractivity contribution in [3.8, 4) is 11.3 Å². The van der Waals surface area contributed by atoms with Crippen LogP contribution in [0.4, 0.5) is 23.0 Å². The molecule has 0 spiro atoms. The SMILES string of the molecule is C=CCN1c2ccccc2-c2nc(Nc3ccccc3N3CCN(C)CC3)ncc2S1(=O)=O. The molecule has 1 aromatic heterocycles. The summed E-state index contributed by atoms with van der Waals surface area (Å²) in [7, 11) is -1.65. The molecule has 0 atom stereocenters. The van der Waals surface area contributed by atoms with E-state index in [1.807, 2.05) is 36.4 Å². The van der Waals surface area contributed by atoms with Crippen molar-refractivity contribution in [3.63, 3.8) is 0 Å². The lowest BCUT2D eigenvalue weighted by Gasteiger charge is -2.35. The van der Waals surface area contributed by atoms with Crippen molar-refractivity contribution in [2.45, 2.75) is 4.90 Å². The molecule has 0 radical (unpaired) electrons. The molecule has 9 heteroatoms. The van der Waals surface area contributed by atoms with Gasteiger partial charge in [-0.15, -0.1) is 6.58 Å². The van der Waals surface area contributed by atoms with E-state index in [1.54, 1.807) is 12.1 Å². The van der Waals surface area contributed by atoms with E-state index in [4.69, 9.17) is 0 Å². The van der Waals surface area contributed by atoms with Gasteiger partial charge in [0.05, 0.1) is 35.5 Å². The van der Waals surface area contributed by atoms with Gasteiger partial charge in [0, 0.05) is 31.7 Å². The Labute approximate surface area is 194 Å². The molecule has 0 amide bonds. The largest absolute Gasteiger partial charge is 0.367 e. The summed E-state index contributed by atoms with van der Waals surface area (Å²) in [5, 5.41) is 3.32. The molecule has 0 bridgehead atoms. The average molecular weight is 463 g/mol. The fourth-order valence-electron chi connectivity index (χ4n) is 4.29. The van der Waals surface area contributed by atoms with Crippen LogP contribution in [0.1, 0.15) is 0 Å². The van der Waals surface area contributed by atoms with Gasteiger partial charge >= 0.3 is 0 Å². The number of nitrogens with one attached hydrogen (secondary N) is 1. The molecule has 1 N–H and O–H groups in total. The van der Waals surface area contributed by atoms with Gasteiger partial charge in [0.25, 0.3) is 10.0 Å². The third kappa shape index (κ3) is 3.83. The van der Waals surface area contributed by atoms with Gasteiger partial charge in [-0.1, -0.05) is 36.4 Å². The summed E-state index contributed by atoms with van der Waals surface area (Å²) < 4.78 is 27.9. The normalized spacial score (nSPS) is 17.2. The second-order valence-electron chi connectivity index (χ2n) is 8.18. The standard InChI is InChI=1S/C24H26N6O2S/c1-3-12-30-20-10-6-4-8-18(20)23-22(33(30,31)32)17-25-24(27-23)26-19-9-5-7-11-21(19)29-15-13-28(2)14-16-29/h3-11,17H,1,12-16H2,2H3,(H,25,26,27).